The lowest BCUT2D eigenvalue weighted by Gasteiger charge is -2.28. The highest BCUT2D eigenvalue weighted by Gasteiger charge is 2.25. The molecule has 0 saturated heterocycles. The fraction of sp³-hybridized carbons (Fsp3) is 0.286. The molecule has 0 unspecified atom stereocenters. The minimum Gasteiger partial charge on any atom is -0.482 e. The Morgan fingerprint density at radius 3 is 2.79 bits per heavy atom. The summed E-state index contributed by atoms with van der Waals surface area (Å²) < 4.78 is 10.4. The van der Waals surface area contributed by atoms with Crippen LogP contribution in [0, 0.1) is 13.8 Å². The number of nitrogens with zero attached hydrogens (tertiary/aromatic N) is 1. The van der Waals surface area contributed by atoms with E-state index in [1.807, 2.05) is 38.1 Å². The van der Waals surface area contributed by atoms with Gasteiger partial charge in [-0.2, -0.15) is 0 Å². The van der Waals surface area contributed by atoms with Gasteiger partial charge in [-0.3, -0.25) is 14.4 Å². The van der Waals surface area contributed by atoms with E-state index in [9.17, 15) is 14.4 Å². The molecule has 1 heterocycles. The van der Waals surface area contributed by atoms with Gasteiger partial charge in [-0.1, -0.05) is 24.3 Å². The second-order valence-electron chi connectivity index (χ2n) is 6.58. The zero-order valence-corrected chi connectivity index (χ0v) is 15.9. The number of fused-ring (bicyclic) bond motifs is 1. The van der Waals surface area contributed by atoms with Gasteiger partial charge in [0.05, 0.1) is 12.1 Å². The average Bonchev–Trinajstić information content (AvgIpc) is 2.68. The number of ether oxygens (including phenoxy) is 2. The highest BCUT2D eigenvalue weighted by molar-refractivity contribution is 5.98. The zero-order chi connectivity index (χ0) is 20.1. The van der Waals surface area contributed by atoms with Crippen LogP contribution in [0.1, 0.15) is 17.5 Å². The Labute approximate surface area is 163 Å². The van der Waals surface area contributed by atoms with Gasteiger partial charge in [0.2, 0.25) is 0 Å². The maximum atomic E-state index is 12.1. The van der Waals surface area contributed by atoms with Crippen LogP contribution in [0.4, 0.5) is 11.4 Å². The molecule has 0 fully saturated rings. The largest absolute Gasteiger partial charge is 0.482 e. The summed E-state index contributed by atoms with van der Waals surface area (Å²) in [5.74, 6) is -0.578. The monoisotopic (exact) mass is 382 g/mol. The smallest absolute Gasteiger partial charge is 0.308 e. The van der Waals surface area contributed by atoms with Gasteiger partial charge in [-0.05, 0) is 43.2 Å². The quantitative estimate of drug-likeness (QED) is 0.777. The van der Waals surface area contributed by atoms with Crippen molar-refractivity contribution in [1.82, 2.24) is 0 Å². The molecule has 1 aliphatic heterocycles. The summed E-state index contributed by atoms with van der Waals surface area (Å²) >= 11 is 0. The summed E-state index contributed by atoms with van der Waals surface area (Å²) in [7, 11) is 0. The van der Waals surface area contributed by atoms with Gasteiger partial charge in [0.15, 0.2) is 13.2 Å². The summed E-state index contributed by atoms with van der Waals surface area (Å²) in [5.41, 5.74) is 3.26. The first kappa shape index (κ1) is 19.4. The number of carbonyl (C=O) groups excluding carboxylic acids is 3. The van der Waals surface area contributed by atoms with Crippen LogP contribution in [0.25, 0.3) is 0 Å². The van der Waals surface area contributed by atoms with Crippen molar-refractivity contribution < 1.29 is 23.9 Å². The maximum Gasteiger partial charge on any atom is 0.308 e. The average molecular weight is 382 g/mol. The van der Waals surface area contributed by atoms with E-state index in [4.69, 9.17) is 9.47 Å². The molecule has 7 nitrogen and oxygen atoms in total. The van der Waals surface area contributed by atoms with E-state index in [-0.39, 0.29) is 32.1 Å². The third kappa shape index (κ3) is 4.68. The number of nitrogens with one attached hydrogen (secondary N) is 1. The standard InChI is InChI=1S/C21H22N2O5/c1-14-7-8-15(2)16(11-14)22-19(24)12-28-21(26)9-10-23-17-5-3-4-6-18(17)27-13-20(23)25/h3-8,11H,9-10,12-13H2,1-2H3,(H,22,24). The van der Waals surface area contributed by atoms with Crippen molar-refractivity contribution in [3.63, 3.8) is 0 Å². The number of rotatable bonds is 6. The third-order valence-corrected chi connectivity index (χ3v) is 4.38. The Hall–Kier alpha value is -3.35. The highest BCUT2D eigenvalue weighted by atomic mass is 16.5. The van der Waals surface area contributed by atoms with Crippen LogP contribution in [0.2, 0.25) is 0 Å². The van der Waals surface area contributed by atoms with Crippen LogP contribution in [0.3, 0.4) is 0 Å². The van der Waals surface area contributed by atoms with E-state index in [1.54, 1.807) is 18.2 Å². The normalized spacial score (nSPS) is 12.8. The predicted molar refractivity (Wildman–Crippen MR) is 104 cm³/mol. The number of anilines is 2. The first-order chi connectivity index (χ1) is 13.4. The molecule has 0 atom stereocenters. The van der Waals surface area contributed by atoms with Gasteiger partial charge in [-0.15, -0.1) is 0 Å². The Balaban J connectivity index is 1.49. The molecule has 2 amide bonds. The fourth-order valence-electron chi connectivity index (χ4n) is 2.88. The molecule has 0 saturated carbocycles. The number of hydrogen-bond acceptors (Lipinski definition) is 5. The first-order valence-electron chi connectivity index (χ1n) is 8.99. The summed E-state index contributed by atoms with van der Waals surface area (Å²) in [4.78, 5) is 37.6. The van der Waals surface area contributed by atoms with E-state index in [0.717, 1.165) is 11.1 Å². The Kier molecular flexibility index (Phi) is 5.93. The second-order valence-corrected chi connectivity index (χ2v) is 6.58. The molecule has 2 aromatic rings. The molecule has 7 heteroatoms. The molecule has 1 aliphatic rings. The van der Waals surface area contributed by atoms with E-state index < -0.39 is 11.9 Å². The van der Waals surface area contributed by atoms with Gasteiger partial charge < -0.3 is 19.7 Å². The minimum absolute atomic E-state index is 0.0170. The number of benzene rings is 2. The third-order valence-electron chi connectivity index (χ3n) is 4.38. The van der Waals surface area contributed by atoms with Gasteiger partial charge in [0.25, 0.3) is 11.8 Å². The Morgan fingerprint density at radius 1 is 1.18 bits per heavy atom. The molecule has 0 spiro atoms. The van der Waals surface area contributed by atoms with E-state index >= 15 is 0 Å². The van der Waals surface area contributed by atoms with Crippen molar-refractivity contribution in [3.8, 4) is 5.75 Å². The van der Waals surface area contributed by atoms with Crippen molar-refractivity contribution >= 4 is 29.2 Å². The van der Waals surface area contributed by atoms with Gasteiger partial charge in [-0.25, -0.2) is 0 Å². The van der Waals surface area contributed by atoms with Crippen molar-refractivity contribution in [2.24, 2.45) is 0 Å². The van der Waals surface area contributed by atoms with Crippen molar-refractivity contribution in [2.75, 3.05) is 30.0 Å². The number of esters is 1. The molecule has 0 aromatic heterocycles. The lowest BCUT2D eigenvalue weighted by atomic mass is 10.1. The Bertz CT molecular complexity index is 909. The summed E-state index contributed by atoms with van der Waals surface area (Å²) in [6.45, 7) is 3.54. The topological polar surface area (TPSA) is 84.9 Å². The molecular weight excluding hydrogens is 360 g/mol. The van der Waals surface area contributed by atoms with Crippen molar-refractivity contribution in [3.05, 3.63) is 53.6 Å². The lowest BCUT2D eigenvalue weighted by Crippen LogP contribution is -2.40. The number of para-hydroxylation sites is 2. The maximum absolute atomic E-state index is 12.1. The summed E-state index contributed by atoms with van der Waals surface area (Å²) in [6, 6.07) is 12.9. The molecule has 2 aromatic carbocycles. The van der Waals surface area contributed by atoms with Crippen molar-refractivity contribution in [2.45, 2.75) is 20.3 Å². The van der Waals surface area contributed by atoms with E-state index in [0.29, 0.717) is 17.1 Å². The van der Waals surface area contributed by atoms with Crippen molar-refractivity contribution in [1.29, 1.82) is 0 Å². The van der Waals surface area contributed by atoms with Gasteiger partial charge in [0, 0.05) is 12.2 Å². The molecule has 1 N–H and O–H groups in total. The Morgan fingerprint density at radius 2 is 1.96 bits per heavy atom. The van der Waals surface area contributed by atoms with E-state index in [1.165, 1.54) is 4.90 Å². The van der Waals surface area contributed by atoms with Crippen LogP contribution in [0.5, 0.6) is 5.75 Å². The molecule has 0 radical (unpaired) electrons. The fourth-order valence-corrected chi connectivity index (χ4v) is 2.88. The molecular formula is C21H22N2O5. The first-order valence-corrected chi connectivity index (χ1v) is 8.99. The molecule has 3 rings (SSSR count). The zero-order valence-electron chi connectivity index (χ0n) is 15.9. The molecule has 0 aliphatic carbocycles. The molecule has 28 heavy (non-hydrogen) atoms. The van der Waals surface area contributed by atoms with Crippen LogP contribution < -0.4 is 15.0 Å². The van der Waals surface area contributed by atoms with Crippen LogP contribution >= 0.6 is 0 Å². The second kappa shape index (κ2) is 8.56. The van der Waals surface area contributed by atoms with E-state index in [2.05, 4.69) is 5.32 Å². The number of hydrogen-bond donors (Lipinski definition) is 1. The van der Waals surface area contributed by atoms with Crippen LogP contribution in [0.15, 0.2) is 42.5 Å². The van der Waals surface area contributed by atoms with Crippen LogP contribution in [-0.2, 0) is 19.1 Å². The summed E-state index contributed by atoms with van der Waals surface area (Å²) in [6.07, 6.45) is -0.0170. The summed E-state index contributed by atoms with van der Waals surface area (Å²) in [5, 5.41) is 2.73. The number of amides is 2. The molecule has 0 bridgehead atoms. The highest BCUT2D eigenvalue weighted by Crippen LogP contribution is 2.31. The minimum atomic E-state index is -0.548. The van der Waals surface area contributed by atoms with Gasteiger partial charge in [0.1, 0.15) is 5.75 Å². The molecule has 146 valence electrons. The van der Waals surface area contributed by atoms with Crippen LogP contribution in [-0.4, -0.2) is 37.5 Å². The SMILES string of the molecule is Cc1ccc(C)c(NC(=O)COC(=O)CCN2C(=O)COc3ccccc32)c1. The predicted octanol–water partition coefficient (Wildman–Crippen LogP) is 2.60. The number of carbonyl (C=O) groups is 3. The number of aryl methyl sites for hydroxylation is 2. The van der Waals surface area contributed by atoms with Gasteiger partial charge >= 0.3 is 5.97 Å². The lowest BCUT2D eigenvalue weighted by molar-refractivity contribution is -0.147.